The Bertz CT molecular complexity index is 904. The number of phenolic OH excluding ortho intramolecular Hbond substituents is 1. The number of aliphatic hydroxyl groups is 1. The van der Waals surface area contributed by atoms with Gasteiger partial charge in [0.05, 0.1) is 18.1 Å². The summed E-state index contributed by atoms with van der Waals surface area (Å²) in [6.45, 7) is 13.5. The van der Waals surface area contributed by atoms with Crippen molar-refractivity contribution >= 4 is 17.7 Å². The zero-order valence-electron chi connectivity index (χ0n) is 20.7. The molecule has 1 saturated carbocycles. The highest BCUT2D eigenvalue weighted by Crippen LogP contribution is 2.48. The number of ketones is 1. The van der Waals surface area contributed by atoms with Gasteiger partial charge < -0.3 is 24.4 Å². The van der Waals surface area contributed by atoms with E-state index >= 15 is 0 Å². The lowest BCUT2D eigenvalue weighted by molar-refractivity contribution is -0.182. The monoisotopic (exact) mass is 464 g/mol. The smallest absolute Gasteiger partial charge is 0.317 e. The molecule has 2 N–H and O–H groups in total. The van der Waals surface area contributed by atoms with Crippen molar-refractivity contribution < 1.29 is 38.8 Å². The Morgan fingerprint density at radius 1 is 1.06 bits per heavy atom. The molecule has 1 aliphatic rings. The van der Waals surface area contributed by atoms with Gasteiger partial charge in [-0.3, -0.25) is 14.4 Å². The summed E-state index contributed by atoms with van der Waals surface area (Å²) >= 11 is 0. The molecule has 0 heterocycles. The quantitative estimate of drug-likeness (QED) is 0.502. The predicted octanol–water partition coefficient (Wildman–Crippen LogP) is 3.51. The SMILES string of the molecule is CCOc1cc([C@@H]2[C@H](C(=O)OC(C)(C)C)C(=O)C[C@@](C)(O)[C@H]2C(=O)OC(C)(C)C)ccc1O. The average Bonchev–Trinajstić information content (AvgIpc) is 2.59. The molecule has 0 spiro atoms. The fourth-order valence-electron chi connectivity index (χ4n) is 4.16. The van der Waals surface area contributed by atoms with Crippen LogP contribution in [0.25, 0.3) is 0 Å². The van der Waals surface area contributed by atoms with Gasteiger partial charge in [0.1, 0.15) is 17.1 Å². The number of aromatic hydroxyl groups is 1. The van der Waals surface area contributed by atoms with Gasteiger partial charge in [0.2, 0.25) is 0 Å². The second-order valence-corrected chi connectivity index (χ2v) is 10.7. The maximum absolute atomic E-state index is 13.3. The second kappa shape index (κ2) is 9.33. The number of benzene rings is 1. The lowest BCUT2D eigenvalue weighted by Crippen LogP contribution is -2.56. The van der Waals surface area contributed by atoms with E-state index in [1.165, 1.54) is 25.1 Å². The van der Waals surface area contributed by atoms with Gasteiger partial charge in [-0.05, 0) is 73.1 Å². The van der Waals surface area contributed by atoms with E-state index in [-0.39, 0.29) is 18.1 Å². The van der Waals surface area contributed by atoms with Gasteiger partial charge in [-0.1, -0.05) is 6.07 Å². The first-order chi connectivity index (χ1) is 15.0. The number of carbonyl (C=O) groups is 3. The molecule has 4 atom stereocenters. The normalized spacial score (nSPS) is 26.0. The highest BCUT2D eigenvalue weighted by Gasteiger charge is 2.58. The third-order valence-electron chi connectivity index (χ3n) is 5.26. The van der Waals surface area contributed by atoms with Crippen molar-refractivity contribution in [2.75, 3.05) is 6.61 Å². The molecule has 1 aromatic carbocycles. The van der Waals surface area contributed by atoms with Crippen LogP contribution in [0.4, 0.5) is 0 Å². The van der Waals surface area contributed by atoms with Crippen LogP contribution in [0.3, 0.4) is 0 Å². The Hall–Kier alpha value is -2.61. The fraction of sp³-hybridized carbons (Fsp3) is 0.640. The van der Waals surface area contributed by atoms with Crippen LogP contribution in [0.2, 0.25) is 0 Å². The van der Waals surface area contributed by atoms with Crippen molar-refractivity contribution in [1.29, 1.82) is 0 Å². The number of hydrogen-bond donors (Lipinski definition) is 2. The van der Waals surface area contributed by atoms with Crippen LogP contribution in [0, 0.1) is 11.8 Å². The molecule has 1 aromatic rings. The Kier molecular flexibility index (Phi) is 7.53. The minimum Gasteiger partial charge on any atom is -0.504 e. The lowest BCUT2D eigenvalue weighted by Gasteiger charge is -2.44. The van der Waals surface area contributed by atoms with E-state index in [2.05, 4.69) is 0 Å². The van der Waals surface area contributed by atoms with E-state index in [1.807, 2.05) is 0 Å². The number of esters is 2. The maximum atomic E-state index is 13.3. The average molecular weight is 465 g/mol. The minimum absolute atomic E-state index is 0.128. The van der Waals surface area contributed by atoms with Crippen LogP contribution in [0.5, 0.6) is 11.5 Å². The zero-order valence-corrected chi connectivity index (χ0v) is 20.7. The molecule has 0 saturated heterocycles. The summed E-state index contributed by atoms with van der Waals surface area (Å²) in [7, 11) is 0. The number of carbonyl (C=O) groups excluding carboxylic acids is 3. The van der Waals surface area contributed by atoms with Gasteiger partial charge in [0, 0.05) is 12.3 Å². The van der Waals surface area contributed by atoms with E-state index in [1.54, 1.807) is 48.5 Å². The molecule has 8 heteroatoms. The van der Waals surface area contributed by atoms with Crippen molar-refractivity contribution in [3.63, 3.8) is 0 Å². The molecule has 1 fully saturated rings. The molecule has 184 valence electrons. The largest absolute Gasteiger partial charge is 0.504 e. The maximum Gasteiger partial charge on any atom is 0.317 e. The highest BCUT2D eigenvalue weighted by molar-refractivity contribution is 6.03. The molecule has 8 nitrogen and oxygen atoms in total. The van der Waals surface area contributed by atoms with E-state index < -0.39 is 58.7 Å². The third kappa shape index (κ3) is 6.47. The molecule has 33 heavy (non-hydrogen) atoms. The Labute approximate surface area is 195 Å². The summed E-state index contributed by atoms with van der Waals surface area (Å²) in [6, 6.07) is 4.35. The second-order valence-electron chi connectivity index (χ2n) is 10.7. The molecule has 0 aromatic heterocycles. The van der Waals surface area contributed by atoms with Crippen LogP contribution in [0.15, 0.2) is 18.2 Å². The lowest BCUT2D eigenvalue weighted by atomic mass is 9.61. The first-order valence-corrected chi connectivity index (χ1v) is 11.1. The molecule has 1 aliphatic carbocycles. The summed E-state index contributed by atoms with van der Waals surface area (Å²) in [5, 5.41) is 21.4. The van der Waals surface area contributed by atoms with Crippen LogP contribution in [-0.2, 0) is 23.9 Å². The number of Topliss-reactive ketones (excluding diaryl/α,β-unsaturated/α-hetero) is 1. The Morgan fingerprint density at radius 3 is 2.12 bits per heavy atom. The standard InChI is InChI=1S/C25H36O8/c1-9-31-17-12-14(10-11-15(17)26)18-19(21(28)32-23(2,3)4)16(27)13-25(8,30)20(18)22(29)33-24(5,6)7/h10-12,18-20,26,30H,9,13H2,1-8H3/t18-,19-,20-,25-/m1/s1. The molecule has 0 unspecified atom stereocenters. The Morgan fingerprint density at radius 2 is 1.61 bits per heavy atom. The van der Waals surface area contributed by atoms with Gasteiger partial charge in [-0.2, -0.15) is 0 Å². The van der Waals surface area contributed by atoms with Gasteiger partial charge in [-0.25, -0.2) is 0 Å². The molecule has 2 rings (SSSR count). The van der Waals surface area contributed by atoms with Gasteiger partial charge in [-0.15, -0.1) is 0 Å². The first-order valence-electron chi connectivity index (χ1n) is 11.1. The predicted molar refractivity (Wildman–Crippen MR) is 121 cm³/mol. The first kappa shape index (κ1) is 26.6. The summed E-state index contributed by atoms with van der Waals surface area (Å²) in [5.74, 6) is -5.73. The molecular formula is C25H36O8. The van der Waals surface area contributed by atoms with Crippen LogP contribution < -0.4 is 4.74 Å². The summed E-state index contributed by atoms with van der Waals surface area (Å²) in [5.41, 5.74) is -3.12. The van der Waals surface area contributed by atoms with Gasteiger partial charge in [0.25, 0.3) is 0 Å². The van der Waals surface area contributed by atoms with Crippen LogP contribution >= 0.6 is 0 Å². The van der Waals surface area contributed by atoms with Crippen molar-refractivity contribution in [2.24, 2.45) is 11.8 Å². The summed E-state index contributed by atoms with van der Waals surface area (Å²) in [4.78, 5) is 39.7. The number of ether oxygens (including phenoxy) is 3. The van der Waals surface area contributed by atoms with E-state index in [4.69, 9.17) is 14.2 Å². The molecular weight excluding hydrogens is 428 g/mol. The molecule has 0 radical (unpaired) electrons. The minimum atomic E-state index is -1.77. The van der Waals surface area contributed by atoms with Crippen molar-refractivity contribution in [2.45, 2.75) is 84.5 Å². The van der Waals surface area contributed by atoms with Crippen molar-refractivity contribution in [1.82, 2.24) is 0 Å². The van der Waals surface area contributed by atoms with Crippen molar-refractivity contribution in [3.05, 3.63) is 23.8 Å². The van der Waals surface area contributed by atoms with Gasteiger partial charge in [0.15, 0.2) is 17.3 Å². The molecule has 0 bridgehead atoms. The molecule has 0 amide bonds. The highest BCUT2D eigenvalue weighted by atomic mass is 16.6. The number of hydrogen-bond acceptors (Lipinski definition) is 8. The van der Waals surface area contributed by atoms with Crippen molar-refractivity contribution in [3.8, 4) is 11.5 Å². The third-order valence-corrected chi connectivity index (χ3v) is 5.26. The van der Waals surface area contributed by atoms with E-state index in [0.717, 1.165) is 0 Å². The zero-order chi connectivity index (χ0) is 25.4. The fourth-order valence-corrected chi connectivity index (χ4v) is 4.16. The topological polar surface area (TPSA) is 119 Å². The number of rotatable bonds is 5. The van der Waals surface area contributed by atoms with Crippen LogP contribution in [0.1, 0.15) is 73.3 Å². The Balaban J connectivity index is 2.71. The van der Waals surface area contributed by atoms with Crippen LogP contribution in [-0.4, -0.2) is 51.3 Å². The summed E-state index contributed by atoms with van der Waals surface area (Å²) in [6.07, 6.45) is -0.409. The van der Waals surface area contributed by atoms with E-state index in [9.17, 15) is 24.6 Å². The van der Waals surface area contributed by atoms with E-state index in [0.29, 0.717) is 5.56 Å². The number of phenols is 1. The van der Waals surface area contributed by atoms with Gasteiger partial charge >= 0.3 is 11.9 Å². The molecule has 0 aliphatic heterocycles. The summed E-state index contributed by atoms with van der Waals surface area (Å²) < 4.78 is 16.6.